The number of nitro groups is 1. The van der Waals surface area contributed by atoms with Gasteiger partial charge in [0.15, 0.2) is 11.6 Å². The molecule has 2 heterocycles. The molecule has 0 unspecified atom stereocenters. The van der Waals surface area contributed by atoms with Gasteiger partial charge in [0.25, 0.3) is 17.4 Å². The molecule has 10 heteroatoms. The Bertz CT molecular complexity index is 1330. The van der Waals surface area contributed by atoms with E-state index in [1.165, 1.54) is 54.6 Å². The van der Waals surface area contributed by atoms with Crippen LogP contribution in [-0.4, -0.2) is 38.7 Å². The zero-order chi connectivity index (χ0) is 24.4. The van der Waals surface area contributed by atoms with Crippen molar-refractivity contribution < 1.29 is 28.7 Å². The van der Waals surface area contributed by atoms with Gasteiger partial charge in [0.05, 0.1) is 23.6 Å². The number of Topliss-reactive ketones (excluding diaryl/α,β-unsaturated/α-hetero) is 1. The van der Waals surface area contributed by atoms with Crippen LogP contribution in [0.3, 0.4) is 0 Å². The molecule has 4 rings (SSSR count). The van der Waals surface area contributed by atoms with E-state index in [0.717, 1.165) is 6.07 Å². The summed E-state index contributed by atoms with van der Waals surface area (Å²) in [6.07, 6.45) is 3.07. The van der Waals surface area contributed by atoms with Crippen molar-refractivity contribution in [3.63, 3.8) is 0 Å². The molecule has 0 spiro atoms. The van der Waals surface area contributed by atoms with Crippen LogP contribution in [0.5, 0.6) is 5.75 Å². The van der Waals surface area contributed by atoms with Gasteiger partial charge < -0.3 is 14.7 Å². The lowest BCUT2D eigenvalue weighted by atomic mass is 9.94. The van der Waals surface area contributed by atoms with Crippen LogP contribution in [0.4, 0.5) is 10.1 Å². The molecule has 34 heavy (non-hydrogen) atoms. The Hall–Kier alpha value is -4.60. The number of rotatable bonds is 6. The van der Waals surface area contributed by atoms with Gasteiger partial charge in [0.1, 0.15) is 5.76 Å². The van der Waals surface area contributed by atoms with Gasteiger partial charge in [-0.05, 0) is 35.4 Å². The van der Waals surface area contributed by atoms with E-state index in [1.807, 2.05) is 0 Å². The molecular formula is C24H18FN3O6. The van der Waals surface area contributed by atoms with Crippen LogP contribution >= 0.6 is 0 Å². The van der Waals surface area contributed by atoms with Crippen LogP contribution in [0, 0.1) is 15.9 Å². The number of nitro benzene ring substituents is 1. The molecule has 1 aromatic heterocycles. The highest BCUT2D eigenvalue weighted by Crippen LogP contribution is 2.41. The summed E-state index contributed by atoms with van der Waals surface area (Å²) in [5, 5.41) is 22.4. The number of ether oxygens (including phenoxy) is 1. The summed E-state index contributed by atoms with van der Waals surface area (Å²) in [6.45, 7) is -0.0421. The number of hydrogen-bond acceptors (Lipinski definition) is 7. The maximum Gasteiger partial charge on any atom is 0.295 e. The highest BCUT2D eigenvalue weighted by molar-refractivity contribution is 6.46. The number of pyridine rings is 1. The second-order valence-corrected chi connectivity index (χ2v) is 7.49. The Balaban J connectivity index is 1.89. The summed E-state index contributed by atoms with van der Waals surface area (Å²) in [5.74, 6) is -3.35. The summed E-state index contributed by atoms with van der Waals surface area (Å²) in [5.41, 5.74) is 0.246. The minimum atomic E-state index is -1.15. The number of halogens is 1. The molecule has 1 fully saturated rings. The first-order valence-electron chi connectivity index (χ1n) is 10.1. The first kappa shape index (κ1) is 22.6. The molecule has 1 aliphatic rings. The number of carbonyl (C=O) groups excluding carboxylic acids is 2. The van der Waals surface area contributed by atoms with Crippen molar-refractivity contribution >= 4 is 23.1 Å². The van der Waals surface area contributed by atoms with E-state index < -0.39 is 34.2 Å². The van der Waals surface area contributed by atoms with Gasteiger partial charge in [-0.25, -0.2) is 4.39 Å². The molecule has 1 amide bonds. The van der Waals surface area contributed by atoms with E-state index in [1.54, 1.807) is 18.3 Å². The smallest absolute Gasteiger partial charge is 0.295 e. The number of nitrogens with zero attached hydrogens (tertiary/aromatic N) is 3. The fraction of sp³-hybridized carbons (Fsp3) is 0.125. The average Bonchev–Trinajstić information content (AvgIpc) is 3.09. The number of aliphatic hydroxyl groups excluding tert-OH is 1. The van der Waals surface area contributed by atoms with Crippen LogP contribution in [0.2, 0.25) is 0 Å². The van der Waals surface area contributed by atoms with Crippen LogP contribution < -0.4 is 4.74 Å². The van der Waals surface area contributed by atoms with E-state index >= 15 is 0 Å². The molecule has 0 saturated carbocycles. The molecule has 2 aromatic carbocycles. The molecule has 172 valence electrons. The second-order valence-electron chi connectivity index (χ2n) is 7.49. The number of benzene rings is 2. The van der Waals surface area contributed by atoms with Gasteiger partial charge in [0.2, 0.25) is 0 Å². The third-order valence-corrected chi connectivity index (χ3v) is 5.44. The summed E-state index contributed by atoms with van der Waals surface area (Å²) in [6, 6.07) is 11.3. The predicted molar refractivity (Wildman–Crippen MR) is 118 cm³/mol. The van der Waals surface area contributed by atoms with Gasteiger partial charge >= 0.3 is 0 Å². The minimum absolute atomic E-state index is 0.0421. The number of aliphatic hydroxyl groups is 1. The summed E-state index contributed by atoms with van der Waals surface area (Å²) >= 11 is 0. The number of amides is 1. The van der Waals surface area contributed by atoms with E-state index in [0.29, 0.717) is 5.56 Å². The number of ketones is 1. The van der Waals surface area contributed by atoms with Crippen LogP contribution in [-0.2, 0) is 16.1 Å². The summed E-state index contributed by atoms with van der Waals surface area (Å²) in [4.78, 5) is 42.0. The third kappa shape index (κ3) is 4.08. The number of likely N-dealkylation sites (tertiary alicyclic amines) is 1. The SMILES string of the molecule is COc1ccc(C(O)=C2C(=O)C(=O)N(Cc3cccnc3)[C@H]2c2cccc([N+](=O)[O-])c2)cc1F. The van der Waals surface area contributed by atoms with Gasteiger partial charge in [-0.1, -0.05) is 18.2 Å². The van der Waals surface area contributed by atoms with Crippen LogP contribution in [0.1, 0.15) is 22.7 Å². The molecule has 9 nitrogen and oxygen atoms in total. The molecule has 1 aliphatic heterocycles. The van der Waals surface area contributed by atoms with Crippen molar-refractivity contribution in [3.05, 3.63) is 105 Å². The number of methoxy groups -OCH3 is 1. The summed E-state index contributed by atoms with van der Waals surface area (Å²) < 4.78 is 19.2. The second kappa shape index (κ2) is 9.10. The summed E-state index contributed by atoms with van der Waals surface area (Å²) in [7, 11) is 1.28. The highest BCUT2D eigenvalue weighted by Gasteiger charge is 2.46. The fourth-order valence-corrected chi connectivity index (χ4v) is 3.86. The number of non-ortho nitro benzene ring substituents is 1. The maximum atomic E-state index is 14.3. The lowest BCUT2D eigenvalue weighted by molar-refractivity contribution is -0.384. The normalized spacial score (nSPS) is 17.1. The average molecular weight is 463 g/mol. The zero-order valence-corrected chi connectivity index (χ0v) is 17.8. The first-order valence-corrected chi connectivity index (χ1v) is 10.1. The Labute approximate surface area is 192 Å². The number of carbonyl (C=O) groups is 2. The third-order valence-electron chi connectivity index (χ3n) is 5.44. The molecule has 0 radical (unpaired) electrons. The topological polar surface area (TPSA) is 123 Å². The lowest BCUT2D eigenvalue weighted by Gasteiger charge is -2.25. The van der Waals surface area contributed by atoms with Crippen molar-refractivity contribution in [1.29, 1.82) is 0 Å². The predicted octanol–water partition coefficient (Wildman–Crippen LogP) is 3.76. The van der Waals surface area contributed by atoms with E-state index in [9.17, 15) is 29.2 Å². The van der Waals surface area contributed by atoms with Crippen LogP contribution in [0.15, 0.2) is 72.6 Å². The minimum Gasteiger partial charge on any atom is -0.507 e. The van der Waals surface area contributed by atoms with Crippen molar-refractivity contribution in [2.75, 3.05) is 7.11 Å². The van der Waals surface area contributed by atoms with E-state index in [2.05, 4.69) is 4.98 Å². The van der Waals surface area contributed by atoms with Crippen molar-refractivity contribution in [2.45, 2.75) is 12.6 Å². The van der Waals surface area contributed by atoms with E-state index in [4.69, 9.17) is 4.74 Å². The molecule has 0 bridgehead atoms. The van der Waals surface area contributed by atoms with Crippen molar-refractivity contribution in [1.82, 2.24) is 9.88 Å². The molecule has 1 saturated heterocycles. The quantitative estimate of drug-likeness (QED) is 0.194. The van der Waals surface area contributed by atoms with Crippen molar-refractivity contribution in [3.8, 4) is 5.75 Å². The van der Waals surface area contributed by atoms with Gasteiger partial charge in [0, 0.05) is 36.6 Å². The molecule has 3 aromatic rings. The van der Waals surface area contributed by atoms with Gasteiger partial charge in [-0.2, -0.15) is 0 Å². The maximum absolute atomic E-state index is 14.3. The largest absolute Gasteiger partial charge is 0.507 e. The molecule has 1 atom stereocenters. The molecular weight excluding hydrogens is 445 g/mol. The highest BCUT2D eigenvalue weighted by atomic mass is 19.1. The van der Waals surface area contributed by atoms with Gasteiger partial charge in [-0.15, -0.1) is 0 Å². The standard InChI is InChI=1S/C24H18FN3O6/c1-34-19-8-7-16(11-18(19)25)22(29)20-21(15-5-2-6-17(10-15)28(32)33)27(24(31)23(20)30)13-14-4-3-9-26-12-14/h2-12,21,29H,13H2,1H3/t21-/m0/s1. The molecule has 0 aliphatic carbocycles. The lowest BCUT2D eigenvalue weighted by Crippen LogP contribution is -2.29. The first-order chi connectivity index (χ1) is 16.3. The number of aromatic nitrogens is 1. The molecule has 1 N–H and O–H groups in total. The monoisotopic (exact) mass is 463 g/mol. The Kier molecular flexibility index (Phi) is 6.05. The number of hydrogen-bond donors (Lipinski definition) is 1. The Morgan fingerprint density at radius 2 is 2.00 bits per heavy atom. The van der Waals surface area contributed by atoms with E-state index in [-0.39, 0.29) is 34.7 Å². The van der Waals surface area contributed by atoms with Crippen molar-refractivity contribution in [2.24, 2.45) is 0 Å². The Morgan fingerprint density at radius 1 is 1.21 bits per heavy atom. The fourth-order valence-electron chi connectivity index (χ4n) is 3.86. The zero-order valence-electron chi connectivity index (χ0n) is 17.8. The van der Waals surface area contributed by atoms with Gasteiger partial charge in [-0.3, -0.25) is 24.7 Å². The Morgan fingerprint density at radius 3 is 2.65 bits per heavy atom. The van der Waals surface area contributed by atoms with Crippen LogP contribution in [0.25, 0.3) is 5.76 Å².